The lowest BCUT2D eigenvalue weighted by Gasteiger charge is -2.32. The van der Waals surface area contributed by atoms with Gasteiger partial charge < -0.3 is 9.31 Å². The molecule has 0 aromatic carbocycles. The Morgan fingerprint density at radius 2 is 1.95 bits per heavy atom. The Kier molecular flexibility index (Phi) is 4.37. The highest BCUT2D eigenvalue weighted by atomic mass is 32.1. The summed E-state index contributed by atoms with van der Waals surface area (Å²) >= 11 is 4.41. The predicted molar refractivity (Wildman–Crippen MR) is 85.8 cm³/mol. The smallest absolute Gasteiger partial charge is 0.400 e. The molecule has 0 bridgehead atoms. The molecule has 0 saturated carbocycles. The quantitative estimate of drug-likeness (QED) is 0.685. The third kappa shape index (κ3) is 2.97. The lowest BCUT2D eigenvalue weighted by Crippen LogP contribution is -2.41. The normalized spacial score (nSPS) is 21.5. The van der Waals surface area contributed by atoms with E-state index < -0.39 is 0 Å². The zero-order valence-electron chi connectivity index (χ0n) is 12.9. The Bertz CT molecular complexity index is 495. The van der Waals surface area contributed by atoms with Crippen molar-refractivity contribution in [3.05, 3.63) is 23.4 Å². The van der Waals surface area contributed by atoms with Crippen molar-refractivity contribution in [2.75, 3.05) is 5.75 Å². The van der Waals surface area contributed by atoms with Crippen LogP contribution in [0.1, 0.15) is 40.2 Å². The van der Waals surface area contributed by atoms with Crippen LogP contribution in [0.15, 0.2) is 17.9 Å². The van der Waals surface area contributed by atoms with Gasteiger partial charge in [0.15, 0.2) is 0 Å². The second-order valence-electron chi connectivity index (χ2n) is 6.09. The van der Waals surface area contributed by atoms with Gasteiger partial charge in [0.05, 0.1) is 17.4 Å². The topological polar surface area (TPSA) is 36.3 Å². The summed E-state index contributed by atoms with van der Waals surface area (Å²) < 4.78 is 14.0. The monoisotopic (exact) mass is 294 g/mol. The minimum Gasteiger partial charge on any atom is -0.400 e. The Hall–Kier alpha value is -0.715. The van der Waals surface area contributed by atoms with Crippen molar-refractivity contribution in [3.8, 4) is 0 Å². The first-order chi connectivity index (χ1) is 9.29. The molecule has 1 aromatic rings. The maximum absolute atomic E-state index is 6.06. The molecule has 1 fully saturated rings. The van der Waals surface area contributed by atoms with Gasteiger partial charge >= 0.3 is 7.12 Å². The van der Waals surface area contributed by atoms with E-state index in [-0.39, 0.29) is 18.3 Å². The molecule has 2 rings (SSSR count). The lowest BCUT2D eigenvalue weighted by atomic mass is 9.78. The molecule has 0 N–H and O–H groups in total. The molecular formula is C14H23BN2O2S. The largest absolute Gasteiger partial charge is 0.491 e. The summed E-state index contributed by atoms with van der Waals surface area (Å²) in [5.41, 5.74) is 1.41. The Balaban J connectivity index is 2.21. The number of aromatic nitrogens is 2. The van der Waals surface area contributed by atoms with Gasteiger partial charge in [-0.25, -0.2) is 0 Å². The van der Waals surface area contributed by atoms with Gasteiger partial charge in [-0.2, -0.15) is 17.7 Å². The molecule has 1 aliphatic heterocycles. The average molecular weight is 294 g/mol. The standard InChI is InChI=1S/C14H23BN2O2S/c1-6-17-9-11(8-16-17)7-12(10-20)15-18-13(2,3)14(4,5)19-15/h7-9,20H,6,10H2,1-5H3. The fourth-order valence-electron chi connectivity index (χ4n) is 2.02. The maximum Gasteiger partial charge on any atom is 0.491 e. The molecule has 0 aliphatic carbocycles. The fraction of sp³-hybridized carbons (Fsp3) is 0.643. The van der Waals surface area contributed by atoms with Crippen molar-refractivity contribution < 1.29 is 9.31 Å². The third-order valence-electron chi connectivity index (χ3n) is 4.07. The van der Waals surface area contributed by atoms with E-state index in [1.165, 1.54) is 0 Å². The first-order valence-electron chi connectivity index (χ1n) is 6.98. The molecule has 4 nitrogen and oxygen atoms in total. The van der Waals surface area contributed by atoms with Gasteiger partial charge in [0.2, 0.25) is 0 Å². The average Bonchev–Trinajstić information content (AvgIpc) is 2.89. The molecule has 0 radical (unpaired) electrons. The highest BCUT2D eigenvalue weighted by Crippen LogP contribution is 2.38. The summed E-state index contributed by atoms with van der Waals surface area (Å²) in [7, 11) is -0.345. The molecule has 1 aliphatic rings. The van der Waals surface area contributed by atoms with Crippen LogP contribution in [0, 0.1) is 0 Å². The van der Waals surface area contributed by atoms with E-state index in [1.807, 2.05) is 23.2 Å². The first kappa shape index (κ1) is 15.7. The lowest BCUT2D eigenvalue weighted by molar-refractivity contribution is 0.00578. The SMILES string of the molecule is CCn1cc(C=C(CS)B2OC(C)(C)C(C)(C)O2)cn1. The molecule has 0 spiro atoms. The van der Waals surface area contributed by atoms with Crippen LogP contribution in [0.2, 0.25) is 0 Å². The number of nitrogens with zero attached hydrogens (tertiary/aromatic N) is 2. The molecule has 2 heterocycles. The summed E-state index contributed by atoms with van der Waals surface area (Å²) in [4.78, 5) is 0. The summed E-state index contributed by atoms with van der Waals surface area (Å²) in [6, 6.07) is 0. The molecule has 6 heteroatoms. The van der Waals surface area contributed by atoms with Crippen LogP contribution in [0.3, 0.4) is 0 Å². The fourth-order valence-corrected chi connectivity index (χ4v) is 2.26. The van der Waals surface area contributed by atoms with Crippen LogP contribution in [-0.2, 0) is 15.9 Å². The van der Waals surface area contributed by atoms with E-state index in [1.54, 1.807) is 0 Å². The number of thiol groups is 1. The molecular weight excluding hydrogens is 271 g/mol. The number of aryl methyl sites for hydroxylation is 1. The van der Waals surface area contributed by atoms with Gasteiger partial charge in [0.25, 0.3) is 0 Å². The summed E-state index contributed by atoms with van der Waals surface area (Å²) in [5, 5.41) is 4.27. The highest BCUT2D eigenvalue weighted by Gasteiger charge is 2.52. The Morgan fingerprint density at radius 3 is 2.40 bits per heavy atom. The van der Waals surface area contributed by atoms with Crippen LogP contribution in [-0.4, -0.2) is 33.9 Å². The van der Waals surface area contributed by atoms with Gasteiger partial charge in [-0.1, -0.05) is 6.08 Å². The minimum absolute atomic E-state index is 0.326. The molecule has 1 saturated heterocycles. The van der Waals surface area contributed by atoms with Gasteiger partial charge in [0, 0.05) is 24.1 Å². The Morgan fingerprint density at radius 1 is 1.35 bits per heavy atom. The molecule has 1 aromatic heterocycles. The van der Waals surface area contributed by atoms with Crippen LogP contribution in [0.25, 0.3) is 6.08 Å². The van der Waals surface area contributed by atoms with E-state index in [4.69, 9.17) is 9.31 Å². The maximum atomic E-state index is 6.06. The molecule has 110 valence electrons. The van der Waals surface area contributed by atoms with Crippen LogP contribution < -0.4 is 0 Å². The predicted octanol–water partition coefficient (Wildman–Crippen LogP) is 2.85. The van der Waals surface area contributed by atoms with Crippen molar-refractivity contribution in [2.24, 2.45) is 0 Å². The van der Waals surface area contributed by atoms with E-state index in [9.17, 15) is 0 Å². The van der Waals surface area contributed by atoms with Gasteiger partial charge in [-0.3, -0.25) is 4.68 Å². The highest BCUT2D eigenvalue weighted by molar-refractivity contribution is 7.80. The minimum atomic E-state index is -0.345. The molecule has 20 heavy (non-hydrogen) atoms. The van der Waals surface area contributed by atoms with Gasteiger partial charge in [-0.05, 0) is 40.1 Å². The first-order valence-corrected chi connectivity index (χ1v) is 7.61. The third-order valence-corrected chi connectivity index (χ3v) is 4.43. The Labute approximate surface area is 127 Å². The van der Waals surface area contributed by atoms with Crippen LogP contribution in [0.4, 0.5) is 0 Å². The van der Waals surface area contributed by atoms with Crippen LogP contribution >= 0.6 is 12.6 Å². The number of rotatable bonds is 4. The van der Waals surface area contributed by atoms with E-state index in [0.717, 1.165) is 17.6 Å². The van der Waals surface area contributed by atoms with Crippen LogP contribution in [0.5, 0.6) is 0 Å². The van der Waals surface area contributed by atoms with Crippen molar-refractivity contribution in [1.82, 2.24) is 9.78 Å². The van der Waals surface area contributed by atoms with Gasteiger partial charge in [-0.15, -0.1) is 0 Å². The number of hydrogen-bond acceptors (Lipinski definition) is 4. The van der Waals surface area contributed by atoms with Crippen molar-refractivity contribution in [2.45, 2.75) is 52.4 Å². The van der Waals surface area contributed by atoms with Gasteiger partial charge in [0.1, 0.15) is 0 Å². The second-order valence-corrected chi connectivity index (χ2v) is 6.41. The molecule has 0 unspecified atom stereocenters. The molecule has 0 atom stereocenters. The van der Waals surface area contributed by atoms with Crippen molar-refractivity contribution >= 4 is 25.8 Å². The van der Waals surface area contributed by atoms with E-state index in [2.05, 4.69) is 52.3 Å². The van der Waals surface area contributed by atoms with Crippen molar-refractivity contribution in [1.29, 1.82) is 0 Å². The summed E-state index contributed by atoms with van der Waals surface area (Å²) in [6.07, 6.45) is 5.90. The summed E-state index contributed by atoms with van der Waals surface area (Å²) in [5.74, 6) is 0.591. The summed E-state index contributed by atoms with van der Waals surface area (Å²) in [6.45, 7) is 11.1. The second kappa shape index (κ2) is 5.58. The zero-order chi connectivity index (χ0) is 15.0. The number of hydrogen-bond donors (Lipinski definition) is 1. The molecule has 0 amide bonds. The van der Waals surface area contributed by atoms with E-state index >= 15 is 0 Å². The van der Waals surface area contributed by atoms with Crippen molar-refractivity contribution in [3.63, 3.8) is 0 Å². The zero-order valence-corrected chi connectivity index (χ0v) is 13.8. The van der Waals surface area contributed by atoms with E-state index in [0.29, 0.717) is 5.75 Å².